The lowest BCUT2D eigenvalue weighted by Gasteiger charge is -2.28. The van der Waals surface area contributed by atoms with Gasteiger partial charge >= 0.3 is 0 Å². The zero-order valence-electron chi connectivity index (χ0n) is 15.8. The minimum atomic E-state index is 0.0849. The fourth-order valence-corrected chi connectivity index (χ4v) is 3.58. The van der Waals surface area contributed by atoms with E-state index in [1.165, 1.54) is 25.7 Å². The fourth-order valence-electron chi connectivity index (χ4n) is 3.58. The number of fused-ring (bicyclic) bond motifs is 1. The second-order valence-electron chi connectivity index (χ2n) is 7.32. The lowest BCUT2D eigenvalue weighted by atomic mass is 9.87. The molecule has 6 heteroatoms. The molecule has 1 fully saturated rings. The Bertz CT molecular complexity index is 651. The van der Waals surface area contributed by atoms with Gasteiger partial charge in [-0.2, -0.15) is 0 Å². The third kappa shape index (κ3) is 5.13. The first-order valence-electron chi connectivity index (χ1n) is 9.67. The summed E-state index contributed by atoms with van der Waals surface area (Å²) in [7, 11) is 1.80. The number of nitrogens with one attached hydrogen (secondary N) is 3. The number of benzene rings is 1. The summed E-state index contributed by atoms with van der Waals surface area (Å²) in [4.78, 5) is 15.7. The van der Waals surface area contributed by atoms with Crippen LogP contribution in [-0.4, -0.2) is 38.1 Å². The first kappa shape index (κ1) is 18.5. The summed E-state index contributed by atoms with van der Waals surface area (Å²) in [6.45, 7) is 3.58. The van der Waals surface area contributed by atoms with Gasteiger partial charge in [-0.1, -0.05) is 6.92 Å². The van der Waals surface area contributed by atoms with Gasteiger partial charge in [0.25, 0.3) is 0 Å². The van der Waals surface area contributed by atoms with E-state index < -0.39 is 0 Å². The molecule has 0 saturated heterocycles. The highest BCUT2D eigenvalue weighted by Gasteiger charge is 2.19. The van der Waals surface area contributed by atoms with Crippen molar-refractivity contribution in [2.24, 2.45) is 10.9 Å². The van der Waals surface area contributed by atoms with Gasteiger partial charge in [-0.3, -0.25) is 9.79 Å². The Hall–Kier alpha value is -2.24. The minimum absolute atomic E-state index is 0.0849. The van der Waals surface area contributed by atoms with Crippen LogP contribution >= 0.6 is 0 Å². The summed E-state index contributed by atoms with van der Waals surface area (Å²) in [6.07, 6.45) is 6.31. The number of aryl methyl sites for hydroxylation is 1. The van der Waals surface area contributed by atoms with Gasteiger partial charge in [-0.25, -0.2) is 0 Å². The fraction of sp³-hybridized carbons (Fsp3) is 0.600. The van der Waals surface area contributed by atoms with E-state index in [0.717, 1.165) is 35.3 Å². The Morgan fingerprint density at radius 1 is 1.27 bits per heavy atom. The van der Waals surface area contributed by atoms with Gasteiger partial charge in [0, 0.05) is 25.2 Å². The predicted octanol–water partition coefficient (Wildman–Crippen LogP) is 2.69. The molecule has 1 aromatic rings. The van der Waals surface area contributed by atoms with Crippen LogP contribution in [0.4, 0.5) is 5.69 Å². The number of amides is 1. The maximum Gasteiger partial charge on any atom is 0.224 e. The lowest BCUT2D eigenvalue weighted by Crippen LogP contribution is -2.45. The van der Waals surface area contributed by atoms with Crippen molar-refractivity contribution in [3.63, 3.8) is 0 Å². The van der Waals surface area contributed by atoms with Crippen LogP contribution in [0.1, 0.15) is 44.6 Å². The molecule has 1 aliphatic heterocycles. The molecule has 0 spiro atoms. The number of ether oxygens (including phenoxy) is 1. The summed E-state index contributed by atoms with van der Waals surface area (Å²) >= 11 is 0. The first-order chi connectivity index (χ1) is 12.6. The van der Waals surface area contributed by atoms with Crippen molar-refractivity contribution in [1.82, 2.24) is 10.6 Å². The second kappa shape index (κ2) is 8.92. The monoisotopic (exact) mass is 358 g/mol. The van der Waals surface area contributed by atoms with Gasteiger partial charge in [-0.05, 0) is 61.8 Å². The molecule has 142 valence electrons. The molecule has 1 aromatic carbocycles. The molecule has 26 heavy (non-hydrogen) atoms. The summed E-state index contributed by atoms with van der Waals surface area (Å²) in [6, 6.07) is 6.36. The second-order valence-corrected chi connectivity index (χ2v) is 7.32. The number of nitrogens with zero attached hydrogens (tertiary/aromatic N) is 1. The van der Waals surface area contributed by atoms with Crippen molar-refractivity contribution in [3.8, 4) is 5.75 Å². The molecule has 2 aliphatic rings. The normalized spacial score (nSPS) is 23.0. The maximum absolute atomic E-state index is 11.4. The molecule has 0 atom stereocenters. The van der Waals surface area contributed by atoms with E-state index in [4.69, 9.17) is 4.74 Å². The topological polar surface area (TPSA) is 74.8 Å². The highest BCUT2D eigenvalue weighted by atomic mass is 16.5. The van der Waals surface area contributed by atoms with Gasteiger partial charge in [0.2, 0.25) is 5.91 Å². The number of hydrogen-bond donors (Lipinski definition) is 3. The average Bonchev–Trinajstić information content (AvgIpc) is 2.65. The highest BCUT2D eigenvalue weighted by molar-refractivity contribution is 5.94. The summed E-state index contributed by atoms with van der Waals surface area (Å²) < 4.78 is 5.84. The van der Waals surface area contributed by atoms with Crippen LogP contribution in [0.15, 0.2) is 23.2 Å². The van der Waals surface area contributed by atoms with E-state index in [9.17, 15) is 4.79 Å². The summed E-state index contributed by atoms with van der Waals surface area (Å²) in [5, 5.41) is 9.72. The van der Waals surface area contributed by atoms with Crippen LogP contribution in [0, 0.1) is 5.92 Å². The van der Waals surface area contributed by atoms with Crippen molar-refractivity contribution >= 4 is 17.6 Å². The molecule has 0 aromatic heterocycles. The Balaban J connectivity index is 1.40. The standard InChI is InChI=1S/C20H30N4O2/c1-14-3-6-16(7-4-14)23-20(21-2)22-11-12-26-17-8-9-18-15(13-17)5-10-19(25)24-18/h8-9,13-14,16H,3-7,10-12H2,1-2H3,(H,24,25)(H2,21,22,23). The molecule has 1 saturated carbocycles. The number of carbonyl (C=O) groups excluding carboxylic acids is 1. The molecule has 1 heterocycles. The quantitative estimate of drug-likeness (QED) is 0.430. The van der Waals surface area contributed by atoms with Crippen LogP contribution in [0.3, 0.4) is 0 Å². The van der Waals surface area contributed by atoms with Crippen LogP contribution in [0.5, 0.6) is 5.75 Å². The third-order valence-electron chi connectivity index (χ3n) is 5.22. The molecular formula is C20H30N4O2. The zero-order valence-corrected chi connectivity index (χ0v) is 15.8. The number of aliphatic imine (C=N–C) groups is 1. The Morgan fingerprint density at radius 2 is 2.08 bits per heavy atom. The van der Waals surface area contributed by atoms with E-state index in [-0.39, 0.29) is 5.91 Å². The Morgan fingerprint density at radius 3 is 2.85 bits per heavy atom. The smallest absolute Gasteiger partial charge is 0.224 e. The van der Waals surface area contributed by atoms with Crippen molar-refractivity contribution < 1.29 is 9.53 Å². The number of guanidine groups is 1. The largest absolute Gasteiger partial charge is 0.492 e. The summed E-state index contributed by atoms with van der Waals surface area (Å²) in [5.41, 5.74) is 2.04. The zero-order chi connectivity index (χ0) is 18.4. The average molecular weight is 358 g/mol. The van der Waals surface area contributed by atoms with Crippen LogP contribution in [-0.2, 0) is 11.2 Å². The van der Waals surface area contributed by atoms with Crippen molar-refractivity contribution in [2.75, 3.05) is 25.5 Å². The van der Waals surface area contributed by atoms with E-state index in [0.29, 0.717) is 25.6 Å². The van der Waals surface area contributed by atoms with Gasteiger partial charge < -0.3 is 20.7 Å². The molecule has 0 radical (unpaired) electrons. The molecule has 3 rings (SSSR count). The number of rotatable bonds is 5. The van der Waals surface area contributed by atoms with Gasteiger partial charge in [-0.15, -0.1) is 0 Å². The molecular weight excluding hydrogens is 328 g/mol. The predicted molar refractivity (Wildman–Crippen MR) is 105 cm³/mol. The van der Waals surface area contributed by atoms with Crippen LogP contribution in [0.25, 0.3) is 0 Å². The van der Waals surface area contributed by atoms with E-state index in [1.807, 2.05) is 18.2 Å². The van der Waals surface area contributed by atoms with Crippen molar-refractivity contribution in [1.29, 1.82) is 0 Å². The molecule has 0 bridgehead atoms. The summed E-state index contributed by atoms with van der Waals surface area (Å²) in [5.74, 6) is 2.62. The van der Waals surface area contributed by atoms with Crippen LogP contribution < -0.4 is 20.7 Å². The molecule has 6 nitrogen and oxygen atoms in total. The van der Waals surface area contributed by atoms with Gasteiger partial charge in [0.05, 0.1) is 6.54 Å². The minimum Gasteiger partial charge on any atom is -0.492 e. The Kier molecular flexibility index (Phi) is 6.36. The molecule has 3 N–H and O–H groups in total. The van der Waals surface area contributed by atoms with Crippen LogP contribution in [0.2, 0.25) is 0 Å². The first-order valence-corrected chi connectivity index (χ1v) is 9.67. The number of carbonyl (C=O) groups is 1. The van der Waals surface area contributed by atoms with Crippen molar-refractivity contribution in [3.05, 3.63) is 23.8 Å². The molecule has 0 unspecified atom stereocenters. The van der Waals surface area contributed by atoms with Crippen molar-refractivity contribution in [2.45, 2.75) is 51.5 Å². The number of anilines is 1. The lowest BCUT2D eigenvalue weighted by molar-refractivity contribution is -0.116. The third-order valence-corrected chi connectivity index (χ3v) is 5.22. The van der Waals surface area contributed by atoms with E-state index in [1.54, 1.807) is 7.05 Å². The highest BCUT2D eigenvalue weighted by Crippen LogP contribution is 2.26. The Labute approximate surface area is 155 Å². The number of hydrogen-bond acceptors (Lipinski definition) is 3. The van der Waals surface area contributed by atoms with E-state index >= 15 is 0 Å². The molecule has 1 amide bonds. The van der Waals surface area contributed by atoms with Gasteiger partial charge in [0.1, 0.15) is 12.4 Å². The maximum atomic E-state index is 11.4. The van der Waals surface area contributed by atoms with Gasteiger partial charge in [0.15, 0.2) is 5.96 Å². The SMILES string of the molecule is CN=C(NCCOc1ccc2c(c1)CCC(=O)N2)NC1CCC(C)CC1. The van der Waals surface area contributed by atoms with E-state index in [2.05, 4.69) is 27.9 Å². The molecule has 1 aliphatic carbocycles.